The average Bonchev–Trinajstić information content (AvgIpc) is 3.33. The minimum absolute atomic E-state index is 0.0136. The molecular weight excluding hydrogens is 640 g/mol. The van der Waals surface area contributed by atoms with Gasteiger partial charge < -0.3 is 39.4 Å². The number of carbonyl (C=O) groups is 2. The van der Waals surface area contributed by atoms with Gasteiger partial charge in [-0.2, -0.15) is 0 Å². The highest BCUT2D eigenvalue weighted by Crippen LogP contribution is 2.69. The van der Waals surface area contributed by atoms with Crippen LogP contribution in [0.4, 0.5) is 0 Å². The Hall–Kier alpha value is -2.34. The van der Waals surface area contributed by atoms with Crippen LogP contribution in [0.2, 0.25) is 0 Å². The lowest BCUT2D eigenvalue weighted by molar-refractivity contribution is -0.303. The van der Waals surface area contributed by atoms with E-state index < -0.39 is 53.6 Å². The summed E-state index contributed by atoms with van der Waals surface area (Å²) in [5.74, 6) is 0.0566. The van der Waals surface area contributed by atoms with Gasteiger partial charge in [-0.1, -0.05) is 46.3 Å². The Morgan fingerprint density at radius 3 is 2.42 bits per heavy atom. The highest BCUT2D eigenvalue weighted by atomic mass is 16.7. The van der Waals surface area contributed by atoms with Crippen LogP contribution in [0.15, 0.2) is 35.9 Å². The van der Waals surface area contributed by atoms with Gasteiger partial charge in [0.15, 0.2) is 12.4 Å². The first-order valence-electron chi connectivity index (χ1n) is 18.7. The Morgan fingerprint density at radius 1 is 1.02 bits per heavy atom. The summed E-state index contributed by atoms with van der Waals surface area (Å²) in [4.78, 5) is 27.2. The van der Waals surface area contributed by atoms with Crippen LogP contribution >= 0.6 is 0 Å². The number of rotatable bonds is 10. The number of fused-ring (bicyclic) bond motifs is 5. The number of methoxy groups -OCH3 is 1. The number of aliphatic hydroxyl groups excluding tert-OH is 3. The second-order valence-corrected chi connectivity index (χ2v) is 16.8. The molecule has 0 spiro atoms. The molecule has 0 amide bonds. The van der Waals surface area contributed by atoms with Gasteiger partial charge in [0.2, 0.25) is 0 Å². The molecule has 1 heterocycles. The lowest BCUT2D eigenvalue weighted by atomic mass is 9.46. The molecule has 3 saturated carbocycles. The molecule has 278 valence electrons. The summed E-state index contributed by atoms with van der Waals surface area (Å²) in [7, 11) is 1.52. The van der Waals surface area contributed by atoms with Gasteiger partial charge in [-0.15, -0.1) is 0 Å². The number of allylic oxidation sites excluding steroid dienone is 1. The summed E-state index contributed by atoms with van der Waals surface area (Å²) in [5.41, 5.74) is -0.684. The van der Waals surface area contributed by atoms with Gasteiger partial charge in [-0.3, -0.25) is 4.79 Å². The molecule has 1 aromatic carbocycles. The highest BCUT2D eigenvalue weighted by molar-refractivity contribution is 5.89. The summed E-state index contributed by atoms with van der Waals surface area (Å²) in [6, 6.07) is 6.34. The zero-order chi connectivity index (χ0) is 36.2. The monoisotopic (exact) mass is 698 g/mol. The molecule has 6 rings (SSSR count). The lowest BCUT2D eigenvalue weighted by Crippen LogP contribution is -2.63. The zero-order valence-corrected chi connectivity index (χ0v) is 30.5. The standard InChI is InChI=1S/C40H58O10/c1-22(2)7-14-31(42)23(3)40(46)33(20-30-28-13-10-25-19-26(41)15-17-38(25,4)29(28)16-18-39(30,40)5)49-37-35(34(44)32(43)21-48-37)50-36(45)24-8-11-27(47-6)12-9-24/h8-12,22-23,26,28-30,32-35,37,41,43-44,46H,7,13-21H2,1-6H3/t23-,26+,28-,29+,30+,32-,33+,34+,35-,37+,38+,39+,40-/m1/s1. The average molecular weight is 699 g/mol. The molecular formula is C40H58O10. The Bertz CT molecular complexity index is 1430. The van der Waals surface area contributed by atoms with Crippen molar-refractivity contribution in [3.63, 3.8) is 0 Å². The molecule has 5 aliphatic rings. The molecule has 4 fully saturated rings. The highest BCUT2D eigenvalue weighted by Gasteiger charge is 2.70. The number of Topliss-reactive ketones (excluding diaryl/α,β-unsaturated/α-hetero) is 1. The summed E-state index contributed by atoms with van der Waals surface area (Å²) in [6.07, 6.45) is 2.06. The van der Waals surface area contributed by atoms with Crippen LogP contribution in [0.3, 0.4) is 0 Å². The molecule has 4 aliphatic carbocycles. The predicted molar refractivity (Wildman–Crippen MR) is 185 cm³/mol. The van der Waals surface area contributed by atoms with Gasteiger partial charge in [0.1, 0.15) is 29.3 Å². The number of benzene rings is 1. The first-order valence-corrected chi connectivity index (χ1v) is 18.7. The van der Waals surface area contributed by atoms with Crippen LogP contribution in [0, 0.1) is 40.4 Å². The van der Waals surface area contributed by atoms with E-state index in [2.05, 4.69) is 33.8 Å². The largest absolute Gasteiger partial charge is 0.497 e. The van der Waals surface area contributed by atoms with Crippen molar-refractivity contribution in [2.24, 2.45) is 40.4 Å². The normalized spacial score (nSPS) is 41.7. The molecule has 0 radical (unpaired) electrons. The second-order valence-electron chi connectivity index (χ2n) is 16.8. The SMILES string of the molecule is COc1ccc(C(=O)O[C@H]2[C@H](O[C@H]3C[C@H]4[C@@H]5CC=C6C[C@@H](O)CC[C@]6(C)[C@H]5CC[C@]4(C)[C@@]3(O)[C@H](C)C(=O)CCC(C)C)OC[C@@H](O)[C@@H]2O)cc1. The Kier molecular flexibility index (Phi) is 10.7. The summed E-state index contributed by atoms with van der Waals surface area (Å²) >= 11 is 0. The molecule has 4 N–H and O–H groups in total. The van der Waals surface area contributed by atoms with Crippen LogP contribution in [-0.2, 0) is 19.0 Å². The molecule has 0 aromatic heterocycles. The number of hydrogen-bond acceptors (Lipinski definition) is 10. The second kappa shape index (κ2) is 14.2. The van der Waals surface area contributed by atoms with Gasteiger partial charge in [0.25, 0.3) is 0 Å². The smallest absolute Gasteiger partial charge is 0.338 e. The van der Waals surface area contributed by atoms with Crippen molar-refractivity contribution in [3.8, 4) is 5.75 Å². The lowest BCUT2D eigenvalue weighted by Gasteiger charge is -2.59. The molecule has 0 bridgehead atoms. The topological polar surface area (TPSA) is 152 Å². The van der Waals surface area contributed by atoms with Crippen molar-refractivity contribution < 1.29 is 49.0 Å². The van der Waals surface area contributed by atoms with E-state index in [4.69, 9.17) is 18.9 Å². The van der Waals surface area contributed by atoms with Crippen molar-refractivity contribution in [1.82, 2.24) is 0 Å². The third-order valence-electron chi connectivity index (χ3n) is 13.8. The molecule has 1 aromatic rings. The van der Waals surface area contributed by atoms with Crippen LogP contribution in [0.1, 0.15) is 103 Å². The first-order chi connectivity index (χ1) is 23.6. The van der Waals surface area contributed by atoms with E-state index in [9.17, 15) is 30.0 Å². The Balaban J connectivity index is 1.32. The van der Waals surface area contributed by atoms with E-state index in [0.29, 0.717) is 49.7 Å². The van der Waals surface area contributed by atoms with E-state index in [1.165, 1.54) is 12.7 Å². The fraction of sp³-hybridized carbons (Fsp3) is 0.750. The van der Waals surface area contributed by atoms with Gasteiger partial charge in [-0.05, 0) is 105 Å². The van der Waals surface area contributed by atoms with Crippen LogP contribution in [0.25, 0.3) is 0 Å². The van der Waals surface area contributed by atoms with Crippen LogP contribution in [0.5, 0.6) is 5.75 Å². The molecule has 50 heavy (non-hydrogen) atoms. The number of esters is 1. The maximum absolute atomic E-state index is 13.9. The minimum atomic E-state index is -1.57. The summed E-state index contributed by atoms with van der Waals surface area (Å²) in [5, 5.41) is 45.4. The fourth-order valence-electron chi connectivity index (χ4n) is 10.6. The van der Waals surface area contributed by atoms with Crippen LogP contribution in [-0.4, -0.2) is 88.3 Å². The zero-order valence-electron chi connectivity index (χ0n) is 30.5. The predicted octanol–water partition coefficient (Wildman–Crippen LogP) is 4.99. The quantitative estimate of drug-likeness (QED) is 0.194. The number of aliphatic hydroxyl groups is 4. The maximum Gasteiger partial charge on any atom is 0.338 e. The third kappa shape index (κ3) is 6.36. The van der Waals surface area contributed by atoms with Gasteiger partial charge >= 0.3 is 5.97 Å². The van der Waals surface area contributed by atoms with Crippen molar-refractivity contribution in [2.45, 2.75) is 135 Å². The van der Waals surface area contributed by atoms with Crippen molar-refractivity contribution in [2.75, 3.05) is 13.7 Å². The summed E-state index contributed by atoms with van der Waals surface area (Å²) in [6.45, 7) is 10.2. The molecule has 13 atom stereocenters. The number of carbonyl (C=O) groups excluding carboxylic acids is 2. The fourth-order valence-corrected chi connectivity index (χ4v) is 10.6. The van der Waals surface area contributed by atoms with Crippen molar-refractivity contribution in [1.29, 1.82) is 0 Å². The Labute approximate surface area is 296 Å². The molecule has 0 unspecified atom stereocenters. The van der Waals surface area contributed by atoms with Gasteiger partial charge in [-0.25, -0.2) is 4.79 Å². The molecule has 1 saturated heterocycles. The van der Waals surface area contributed by atoms with Crippen molar-refractivity contribution >= 4 is 11.8 Å². The number of ketones is 1. The number of ether oxygens (including phenoxy) is 4. The minimum Gasteiger partial charge on any atom is -0.497 e. The van der Waals surface area contributed by atoms with Crippen LogP contribution < -0.4 is 4.74 Å². The molecule has 1 aliphatic heterocycles. The number of hydrogen-bond donors (Lipinski definition) is 4. The Morgan fingerprint density at radius 2 is 1.74 bits per heavy atom. The van der Waals surface area contributed by atoms with Gasteiger partial charge in [0.05, 0.1) is 31.5 Å². The van der Waals surface area contributed by atoms with E-state index in [1.54, 1.807) is 24.3 Å². The van der Waals surface area contributed by atoms with E-state index in [0.717, 1.165) is 25.7 Å². The molecule has 10 heteroatoms. The molecule has 10 nitrogen and oxygen atoms in total. The van der Waals surface area contributed by atoms with E-state index in [1.807, 2.05) is 6.92 Å². The van der Waals surface area contributed by atoms with E-state index >= 15 is 0 Å². The van der Waals surface area contributed by atoms with Gasteiger partial charge in [0, 0.05) is 17.8 Å². The van der Waals surface area contributed by atoms with Crippen molar-refractivity contribution in [3.05, 3.63) is 41.5 Å². The first kappa shape index (κ1) is 37.4. The summed E-state index contributed by atoms with van der Waals surface area (Å²) < 4.78 is 23.6. The van der Waals surface area contributed by atoms with E-state index in [-0.39, 0.29) is 41.3 Å². The maximum atomic E-state index is 13.9. The third-order valence-corrected chi connectivity index (χ3v) is 13.8.